The molecule has 2 aromatic rings. The van der Waals surface area contributed by atoms with Crippen LogP contribution in [0.15, 0.2) is 48.5 Å². The van der Waals surface area contributed by atoms with E-state index in [-0.39, 0.29) is 11.5 Å². The van der Waals surface area contributed by atoms with Crippen LogP contribution in [0.5, 0.6) is 0 Å². The summed E-state index contributed by atoms with van der Waals surface area (Å²) in [5.74, 6) is -3.03. The molecule has 0 spiro atoms. The molecule has 29 heavy (non-hydrogen) atoms. The molecule has 0 aromatic heterocycles. The maximum absolute atomic E-state index is 11.6. The minimum Gasteiger partial charge on any atom is -0.475 e. The van der Waals surface area contributed by atoms with Gasteiger partial charge >= 0.3 is 18.1 Å². The van der Waals surface area contributed by atoms with Crippen LogP contribution < -0.4 is 5.32 Å². The number of carboxylic acids is 1. The molecule has 0 amide bonds. The average Bonchev–Trinajstić information content (AvgIpc) is 3.47. The summed E-state index contributed by atoms with van der Waals surface area (Å²) >= 11 is 0. The normalized spacial score (nSPS) is 14.4. The number of methoxy groups -OCH3 is 1. The lowest BCUT2D eigenvalue weighted by atomic mass is 10.0. The molecule has 0 bridgehead atoms. The van der Waals surface area contributed by atoms with Crippen molar-refractivity contribution in [3.63, 3.8) is 0 Å². The van der Waals surface area contributed by atoms with E-state index in [4.69, 9.17) is 14.6 Å². The Hall–Kier alpha value is -2.87. The van der Waals surface area contributed by atoms with E-state index in [1.54, 1.807) is 0 Å². The first-order valence-corrected chi connectivity index (χ1v) is 8.87. The van der Waals surface area contributed by atoms with E-state index in [1.165, 1.54) is 31.1 Å². The zero-order chi connectivity index (χ0) is 21.7. The third kappa shape index (κ3) is 6.05. The van der Waals surface area contributed by atoms with Crippen LogP contribution in [0.3, 0.4) is 0 Å². The van der Waals surface area contributed by atoms with Crippen molar-refractivity contribution in [2.45, 2.75) is 38.0 Å². The maximum Gasteiger partial charge on any atom is 0.490 e. The van der Waals surface area contributed by atoms with E-state index in [1.807, 2.05) is 19.1 Å². The van der Waals surface area contributed by atoms with Gasteiger partial charge in [-0.2, -0.15) is 13.2 Å². The Morgan fingerprint density at radius 1 is 1.14 bits per heavy atom. The zero-order valence-electron chi connectivity index (χ0n) is 16.0. The highest BCUT2D eigenvalue weighted by atomic mass is 19.4. The highest BCUT2D eigenvalue weighted by molar-refractivity contribution is 5.90. The molecule has 0 radical (unpaired) electrons. The number of carbonyl (C=O) groups is 2. The van der Waals surface area contributed by atoms with Crippen LogP contribution in [0.2, 0.25) is 0 Å². The number of esters is 1. The van der Waals surface area contributed by atoms with Crippen LogP contribution in [0.25, 0.3) is 0 Å². The fourth-order valence-corrected chi connectivity index (χ4v) is 2.90. The van der Waals surface area contributed by atoms with Gasteiger partial charge in [-0.15, -0.1) is 0 Å². The lowest BCUT2D eigenvalue weighted by Crippen LogP contribution is -2.28. The van der Waals surface area contributed by atoms with Crippen LogP contribution in [-0.2, 0) is 21.6 Å². The molecule has 2 aromatic carbocycles. The molecule has 5 nitrogen and oxygen atoms in total. The molecule has 2 N–H and O–H groups in total. The second kappa shape index (κ2) is 9.09. The third-order valence-corrected chi connectivity index (χ3v) is 4.65. The standard InChI is InChI=1S/C19H21NO2.C2HF3O2/c1-14-12-15(8-9-17(14)18(21)22-2)13-20-19(10-11-19)16-6-4-3-5-7-16;3-2(4,5)1(6)7/h3-9,12,20H,10-11,13H2,1-2H3;(H,6,7). The van der Waals surface area contributed by atoms with Crippen LogP contribution in [0.1, 0.15) is 39.9 Å². The predicted octanol–water partition coefficient (Wildman–Crippen LogP) is 4.19. The number of carbonyl (C=O) groups excluding carboxylic acids is 1. The molecule has 1 aliphatic rings. The monoisotopic (exact) mass is 409 g/mol. The number of alkyl halides is 3. The molecule has 0 heterocycles. The van der Waals surface area contributed by atoms with Gasteiger partial charge in [-0.25, -0.2) is 9.59 Å². The first-order valence-electron chi connectivity index (χ1n) is 8.87. The number of benzene rings is 2. The van der Waals surface area contributed by atoms with Gasteiger partial charge in [-0.3, -0.25) is 0 Å². The summed E-state index contributed by atoms with van der Waals surface area (Å²) in [5, 5.41) is 10.8. The highest BCUT2D eigenvalue weighted by Crippen LogP contribution is 2.45. The quantitative estimate of drug-likeness (QED) is 0.724. The molecular weight excluding hydrogens is 387 g/mol. The molecule has 1 fully saturated rings. The molecule has 8 heteroatoms. The topological polar surface area (TPSA) is 75.6 Å². The Balaban J connectivity index is 0.000000370. The van der Waals surface area contributed by atoms with Crippen molar-refractivity contribution in [3.8, 4) is 0 Å². The number of carboxylic acid groups (broad SMARTS) is 1. The summed E-state index contributed by atoms with van der Waals surface area (Å²) in [5.41, 5.74) is 4.27. The fraction of sp³-hybridized carbons (Fsp3) is 0.333. The first kappa shape index (κ1) is 22.4. The Morgan fingerprint density at radius 2 is 1.72 bits per heavy atom. The lowest BCUT2D eigenvalue weighted by molar-refractivity contribution is -0.192. The fourth-order valence-electron chi connectivity index (χ4n) is 2.90. The van der Waals surface area contributed by atoms with Gasteiger partial charge in [-0.05, 0) is 42.5 Å². The van der Waals surface area contributed by atoms with Gasteiger partial charge in [0, 0.05) is 12.1 Å². The number of rotatable bonds is 5. The summed E-state index contributed by atoms with van der Waals surface area (Å²) in [7, 11) is 1.41. The van der Waals surface area contributed by atoms with E-state index >= 15 is 0 Å². The molecule has 3 rings (SSSR count). The Labute approximate surface area is 166 Å². The molecule has 0 atom stereocenters. The smallest absolute Gasteiger partial charge is 0.475 e. The molecule has 0 saturated heterocycles. The number of hydrogen-bond donors (Lipinski definition) is 2. The van der Waals surface area contributed by atoms with E-state index in [9.17, 15) is 18.0 Å². The number of halogens is 3. The highest BCUT2D eigenvalue weighted by Gasteiger charge is 2.43. The summed E-state index contributed by atoms with van der Waals surface area (Å²) in [4.78, 5) is 20.5. The number of nitrogens with one attached hydrogen (secondary N) is 1. The van der Waals surface area contributed by atoms with Crippen LogP contribution >= 0.6 is 0 Å². The Morgan fingerprint density at radius 3 is 2.17 bits per heavy atom. The van der Waals surface area contributed by atoms with Gasteiger partial charge in [0.2, 0.25) is 0 Å². The molecule has 0 aliphatic heterocycles. The molecule has 0 unspecified atom stereocenters. The third-order valence-electron chi connectivity index (χ3n) is 4.65. The van der Waals surface area contributed by atoms with Gasteiger partial charge < -0.3 is 15.2 Å². The summed E-state index contributed by atoms with van der Waals surface area (Å²) in [6.45, 7) is 2.75. The van der Waals surface area contributed by atoms with Crippen molar-refractivity contribution < 1.29 is 32.6 Å². The van der Waals surface area contributed by atoms with E-state index < -0.39 is 12.1 Å². The Bertz CT molecular complexity index is 862. The van der Waals surface area contributed by atoms with Gasteiger partial charge in [0.25, 0.3) is 0 Å². The maximum atomic E-state index is 11.6. The lowest BCUT2D eigenvalue weighted by Gasteiger charge is -2.18. The SMILES string of the molecule is COC(=O)c1ccc(CNC2(c3ccccc3)CC2)cc1C.O=C(O)C(F)(F)F. The summed E-state index contributed by atoms with van der Waals surface area (Å²) in [6.07, 6.45) is -2.73. The number of ether oxygens (including phenoxy) is 1. The summed E-state index contributed by atoms with van der Waals surface area (Å²) in [6, 6.07) is 16.5. The largest absolute Gasteiger partial charge is 0.490 e. The number of aliphatic carboxylic acids is 1. The van der Waals surface area contributed by atoms with Crippen molar-refractivity contribution in [1.29, 1.82) is 0 Å². The predicted molar refractivity (Wildman–Crippen MR) is 100 cm³/mol. The molecule has 1 aliphatic carbocycles. The van der Waals surface area contributed by atoms with E-state index in [0.717, 1.165) is 12.1 Å². The van der Waals surface area contributed by atoms with Crippen LogP contribution in [-0.4, -0.2) is 30.3 Å². The first-order chi connectivity index (χ1) is 13.6. The zero-order valence-corrected chi connectivity index (χ0v) is 16.0. The van der Waals surface area contributed by atoms with Crippen molar-refractivity contribution >= 4 is 11.9 Å². The molecular formula is C21H22F3NO4. The number of aryl methyl sites for hydroxylation is 1. The minimum absolute atomic E-state index is 0.135. The van der Waals surface area contributed by atoms with E-state index in [2.05, 4.69) is 41.7 Å². The average molecular weight is 409 g/mol. The number of hydrogen-bond acceptors (Lipinski definition) is 4. The van der Waals surface area contributed by atoms with Crippen LogP contribution in [0, 0.1) is 6.92 Å². The Kier molecular flexibility index (Phi) is 7.02. The summed E-state index contributed by atoms with van der Waals surface area (Å²) < 4.78 is 36.5. The van der Waals surface area contributed by atoms with Crippen molar-refractivity contribution in [2.75, 3.05) is 7.11 Å². The van der Waals surface area contributed by atoms with Crippen molar-refractivity contribution in [3.05, 3.63) is 70.8 Å². The van der Waals surface area contributed by atoms with Gasteiger partial charge in [0.15, 0.2) is 0 Å². The molecule has 1 saturated carbocycles. The molecule has 156 valence electrons. The van der Waals surface area contributed by atoms with Crippen molar-refractivity contribution in [1.82, 2.24) is 5.32 Å². The minimum atomic E-state index is -5.08. The van der Waals surface area contributed by atoms with Crippen LogP contribution in [0.4, 0.5) is 13.2 Å². The second-order valence-electron chi connectivity index (χ2n) is 6.75. The van der Waals surface area contributed by atoms with Crippen molar-refractivity contribution in [2.24, 2.45) is 0 Å². The van der Waals surface area contributed by atoms with Gasteiger partial charge in [0.1, 0.15) is 0 Å². The van der Waals surface area contributed by atoms with Gasteiger partial charge in [0.05, 0.1) is 12.7 Å². The second-order valence-corrected chi connectivity index (χ2v) is 6.75. The van der Waals surface area contributed by atoms with Gasteiger partial charge in [-0.1, -0.05) is 42.5 Å². The van der Waals surface area contributed by atoms with E-state index in [0.29, 0.717) is 5.56 Å².